The highest BCUT2D eigenvalue weighted by Gasteiger charge is 2.14. The fourth-order valence-corrected chi connectivity index (χ4v) is 3.24. The highest BCUT2D eigenvalue weighted by atomic mass is 79.9. The quantitative estimate of drug-likeness (QED) is 0.866. The first kappa shape index (κ1) is 15.7. The van der Waals surface area contributed by atoms with Gasteiger partial charge in [-0.1, -0.05) is 0 Å². The Hall–Kier alpha value is -0.390. The van der Waals surface area contributed by atoms with Crippen molar-refractivity contribution in [1.29, 1.82) is 0 Å². The Morgan fingerprint density at radius 1 is 1.33 bits per heavy atom. The van der Waals surface area contributed by atoms with Crippen molar-refractivity contribution in [3.05, 3.63) is 20.8 Å². The van der Waals surface area contributed by atoms with Crippen molar-refractivity contribution < 1.29 is 4.79 Å². The van der Waals surface area contributed by atoms with Gasteiger partial charge >= 0.3 is 0 Å². The summed E-state index contributed by atoms with van der Waals surface area (Å²) in [6.07, 6.45) is 0. The molecule has 1 aromatic rings. The third-order valence-electron chi connectivity index (χ3n) is 2.78. The molecule has 0 aliphatic heterocycles. The van der Waals surface area contributed by atoms with Gasteiger partial charge in [-0.25, -0.2) is 0 Å². The zero-order valence-corrected chi connectivity index (χ0v) is 13.8. The molecule has 0 radical (unpaired) electrons. The molecule has 18 heavy (non-hydrogen) atoms. The summed E-state index contributed by atoms with van der Waals surface area (Å²) in [7, 11) is 0. The molecular weight excluding hydrogens is 312 g/mol. The Morgan fingerprint density at radius 3 is 2.39 bits per heavy atom. The summed E-state index contributed by atoms with van der Waals surface area (Å²) >= 11 is 4.82. The van der Waals surface area contributed by atoms with Crippen molar-refractivity contribution >= 4 is 33.2 Å². The van der Waals surface area contributed by atoms with E-state index >= 15 is 0 Å². The average Bonchev–Trinajstić information content (AvgIpc) is 2.69. The lowest BCUT2D eigenvalue weighted by Gasteiger charge is -2.30. The van der Waals surface area contributed by atoms with Crippen LogP contribution in [0.5, 0.6) is 0 Å². The van der Waals surface area contributed by atoms with Gasteiger partial charge in [0.25, 0.3) is 5.91 Å². The van der Waals surface area contributed by atoms with Gasteiger partial charge in [0.05, 0.1) is 8.66 Å². The third kappa shape index (κ3) is 4.71. The predicted octanol–water partition coefficient (Wildman–Crippen LogP) is 3.36. The lowest BCUT2D eigenvalue weighted by Crippen LogP contribution is -2.42. The minimum absolute atomic E-state index is 0.0122. The molecule has 1 heterocycles. The number of halogens is 1. The molecule has 1 N–H and O–H groups in total. The van der Waals surface area contributed by atoms with Gasteiger partial charge in [0, 0.05) is 25.2 Å². The average molecular weight is 333 g/mol. The highest BCUT2D eigenvalue weighted by molar-refractivity contribution is 9.11. The first-order valence-electron chi connectivity index (χ1n) is 6.21. The third-order valence-corrected chi connectivity index (χ3v) is 4.40. The first-order valence-corrected chi connectivity index (χ1v) is 7.82. The van der Waals surface area contributed by atoms with Gasteiger partial charge in [0.15, 0.2) is 0 Å². The van der Waals surface area contributed by atoms with E-state index in [1.807, 2.05) is 12.1 Å². The molecule has 0 saturated carbocycles. The van der Waals surface area contributed by atoms with Crippen LogP contribution < -0.4 is 5.32 Å². The van der Waals surface area contributed by atoms with Gasteiger partial charge in [0.2, 0.25) is 0 Å². The molecule has 0 fully saturated rings. The van der Waals surface area contributed by atoms with E-state index in [1.54, 1.807) is 0 Å². The number of amides is 1. The number of carbonyl (C=O) groups is 1. The molecule has 1 rings (SSSR count). The SMILES string of the molecule is CC(C)N(CCNC(=O)c1ccc(Br)s1)C(C)C. The Morgan fingerprint density at radius 2 is 1.94 bits per heavy atom. The minimum Gasteiger partial charge on any atom is -0.350 e. The van der Waals surface area contributed by atoms with Crippen LogP contribution >= 0.6 is 27.3 Å². The summed E-state index contributed by atoms with van der Waals surface area (Å²) in [4.78, 5) is 15.0. The summed E-state index contributed by atoms with van der Waals surface area (Å²) in [5, 5.41) is 2.96. The number of hydrogen-bond donors (Lipinski definition) is 1. The summed E-state index contributed by atoms with van der Waals surface area (Å²) in [6, 6.07) is 4.73. The van der Waals surface area contributed by atoms with Crippen LogP contribution in [0.1, 0.15) is 37.4 Å². The van der Waals surface area contributed by atoms with Crippen LogP contribution in [0.2, 0.25) is 0 Å². The molecule has 1 aromatic heterocycles. The van der Waals surface area contributed by atoms with Gasteiger partial charge in [-0.05, 0) is 55.8 Å². The number of nitrogens with zero attached hydrogens (tertiary/aromatic N) is 1. The maximum atomic E-state index is 11.8. The maximum Gasteiger partial charge on any atom is 0.261 e. The van der Waals surface area contributed by atoms with Crippen LogP contribution in [0.4, 0.5) is 0 Å². The number of carbonyl (C=O) groups excluding carboxylic acids is 1. The lowest BCUT2D eigenvalue weighted by molar-refractivity contribution is 0.0943. The molecule has 0 aromatic carbocycles. The lowest BCUT2D eigenvalue weighted by atomic mass is 10.2. The summed E-state index contributed by atoms with van der Waals surface area (Å²) in [5.41, 5.74) is 0. The molecule has 0 unspecified atom stereocenters. The Balaban J connectivity index is 2.39. The topological polar surface area (TPSA) is 32.3 Å². The zero-order valence-electron chi connectivity index (χ0n) is 11.4. The number of hydrogen-bond acceptors (Lipinski definition) is 3. The van der Waals surface area contributed by atoms with Crippen molar-refractivity contribution in [3.8, 4) is 0 Å². The van der Waals surface area contributed by atoms with E-state index in [0.29, 0.717) is 18.6 Å². The monoisotopic (exact) mass is 332 g/mol. The highest BCUT2D eigenvalue weighted by Crippen LogP contribution is 2.21. The first-order chi connectivity index (χ1) is 8.41. The smallest absolute Gasteiger partial charge is 0.261 e. The fourth-order valence-electron chi connectivity index (χ4n) is 1.93. The zero-order chi connectivity index (χ0) is 13.7. The molecule has 3 nitrogen and oxygen atoms in total. The van der Waals surface area contributed by atoms with Gasteiger partial charge < -0.3 is 5.32 Å². The summed E-state index contributed by atoms with van der Waals surface area (Å²) < 4.78 is 0.985. The van der Waals surface area contributed by atoms with Gasteiger partial charge in [0.1, 0.15) is 0 Å². The molecular formula is C13H21BrN2OS. The van der Waals surface area contributed by atoms with Crippen molar-refractivity contribution in [1.82, 2.24) is 10.2 Å². The van der Waals surface area contributed by atoms with Gasteiger partial charge in [-0.15, -0.1) is 11.3 Å². The molecule has 0 aliphatic rings. The molecule has 1 amide bonds. The second kappa shape index (κ2) is 7.26. The second-order valence-electron chi connectivity index (χ2n) is 4.78. The van der Waals surface area contributed by atoms with Crippen molar-refractivity contribution in [2.75, 3.05) is 13.1 Å². The normalized spacial score (nSPS) is 11.6. The Bertz CT molecular complexity index is 382. The Labute approximate surface area is 122 Å². The van der Waals surface area contributed by atoms with E-state index < -0.39 is 0 Å². The maximum absolute atomic E-state index is 11.8. The van der Waals surface area contributed by atoms with E-state index in [1.165, 1.54) is 11.3 Å². The van der Waals surface area contributed by atoms with E-state index in [-0.39, 0.29) is 5.91 Å². The predicted molar refractivity (Wildman–Crippen MR) is 81.3 cm³/mol. The van der Waals surface area contributed by atoms with Crippen LogP contribution in [-0.2, 0) is 0 Å². The summed E-state index contributed by atoms with van der Waals surface area (Å²) in [5.74, 6) is 0.0122. The molecule has 0 bridgehead atoms. The molecule has 0 spiro atoms. The number of thiophene rings is 1. The standard InChI is InChI=1S/C13H21BrN2OS/c1-9(2)16(10(3)4)8-7-15-13(17)11-5-6-12(14)18-11/h5-6,9-10H,7-8H2,1-4H3,(H,15,17). The van der Waals surface area contributed by atoms with Crippen LogP contribution in [0, 0.1) is 0 Å². The van der Waals surface area contributed by atoms with Gasteiger partial charge in [-0.3, -0.25) is 9.69 Å². The summed E-state index contributed by atoms with van der Waals surface area (Å²) in [6.45, 7) is 10.3. The molecule has 0 aliphatic carbocycles. The van der Waals surface area contributed by atoms with Crippen LogP contribution in [-0.4, -0.2) is 36.0 Å². The van der Waals surface area contributed by atoms with Crippen molar-refractivity contribution in [3.63, 3.8) is 0 Å². The largest absolute Gasteiger partial charge is 0.350 e. The second-order valence-corrected chi connectivity index (χ2v) is 7.25. The van der Waals surface area contributed by atoms with Gasteiger partial charge in [-0.2, -0.15) is 0 Å². The number of rotatable bonds is 6. The van der Waals surface area contributed by atoms with E-state index in [0.717, 1.165) is 15.2 Å². The van der Waals surface area contributed by atoms with Crippen molar-refractivity contribution in [2.24, 2.45) is 0 Å². The molecule has 5 heteroatoms. The van der Waals surface area contributed by atoms with Crippen LogP contribution in [0.25, 0.3) is 0 Å². The molecule has 102 valence electrons. The van der Waals surface area contributed by atoms with E-state index in [4.69, 9.17) is 0 Å². The van der Waals surface area contributed by atoms with Crippen molar-refractivity contribution in [2.45, 2.75) is 39.8 Å². The van der Waals surface area contributed by atoms with E-state index in [2.05, 4.69) is 53.8 Å². The minimum atomic E-state index is 0.0122. The van der Waals surface area contributed by atoms with Crippen LogP contribution in [0.3, 0.4) is 0 Å². The van der Waals surface area contributed by atoms with Crippen LogP contribution in [0.15, 0.2) is 15.9 Å². The molecule has 0 atom stereocenters. The molecule has 0 saturated heterocycles. The van der Waals surface area contributed by atoms with E-state index in [9.17, 15) is 4.79 Å². The Kier molecular flexibility index (Phi) is 6.32. The fraction of sp³-hybridized carbons (Fsp3) is 0.615. The number of nitrogens with one attached hydrogen (secondary N) is 1.